The summed E-state index contributed by atoms with van der Waals surface area (Å²) in [7, 11) is 0. The molecule has 2 atom stereocenters. The molecule has 0 aromatic carbocycles. The molecule has 0 radical (unpaired) electrons. The third kappa shape index (κ3) is 9.77. The van der Waals surface area contributed by atoms with Gasteiger partial charge in [-0.1, -0.05) is 0 Å². The van der Waals surface area contributed by atoms with Gasteiger partial charge in [0.25, 0.3) is 0 Å². The van der Waals surface area contributed by atoms with Crippen molar-refractivity contribution in [2.24, 2.45) is 5.92 Å². The van der Waals surface area contributed by atoms with Crippen LogP contribution in [0.15, 0.2) is 0 Å². The zero-order valence-electron chi connectivity index (χ0n) is 13.5. The first-order valence-electron chi connectivity index (χ1n) is 8.02. The van der Waals surface area contributed by atoms with Gasteiger partial charge in [-0.05, 0) is 0 Å². The van der Waals surface area contributed by atoms with Gasteiger partial charge in [0.15, 0.2) is 0 Å². The Hall–Kier alpha value is 1.13. The van der Waals surface area contributed by atoms with Crippen LogP contribution in [0.1, 0.15) is 58.8 Å². The largest absolute Gasteiger partial charge is 0 e. The van der Waals surface area contributed by atoms with E-state index in [-0.39, 0.29) is 51.9 Å². The van der Waals surface area contributed by atoms with Crippen LogP contribution < -0.4 is 9.59 Å². The summed E-state index contributed by atoms with van der Waals surface area (Å²) in [5.74, 6) is 0.690. The molecule has 1 fully saturated rings. The molecule has 21 heavy (non-hydrogen) atoms. The molecule has 1 aliphatic rings. The summed E-state index contributed by atoms with van der Waals surface area (Å²) >= 11 is 0.323. The van der Waals surface area contributed by atoms with Crippen LogP contribution in [-0.4, -0.2) is 45.9 Å². The number of carbonyl (C=O) groups excluding carboxylic acids is 1. The average Bonchev–Trinajstić information content (AvgIpc) is 2.44. The van der Waals surface area contributed by atoms with Gasteiger partial charge in [0.05, 0.1) is 0 Å². The van der Waals surface area contributed by atoms with Crippen LogP contribution >= 0.6 is 0 Å². The van der Waals surface area contributed by atoms with Gasteiger partial charge in [0.2, 0.25) is 0 Å². The maximum absolute atomic E-state index is 11.3. The zero-order chi connectivity index (χ0) is 15.0. The van der Waals surface area contributed by atoms with Gasteiger partial charge in [-0.2, -0.15) is 0 Å². The maximum Gasteiger partial charge on any atom is 0 e. The van der Waals surface area contributed by atoms with E-state index in [1.807, 2.05) is 0 Å². The van der Waals surface area contributed by atoms with Crippen LogP contribution in [0.4, 0.5) is 0 Å². The van der Waals surface area contributed by atoms with Crippen molar-refractivity contribution >= 4 is 22.6 Å². The first-order valence-corrected chi connectivity index (χ1v) is 10.1. The molecule has 0 saturated heterocycles. The summed E-state index contributed by atoms with van der Waals surface area (Å²) in [6.07, 6.45) is 9.17. The van der Waals surface area contributed by atoms with Gasteiger partial charge in [0, 0.05) is 39.9 Å². The molecule has 1 rings (SSSR count). The molecule has 6 heteroatoms. The van der Waals surface area contributed by atoms with Crippen LogP contribution in [0, 0.1) is 52.3 Å². The molecule has 0 aromatic rings. The number of aliphatic hydroxyl groups is 1. The first kappa shape index (κ1) is 22.1. The minimum atomic E-state index is -0.468. The molecule has 0 aliphatic heterocycles. The number of carbonyl (C=O) groups is 1. The molecule has 0 heterocycles. The molecule has 0 spiro atoms. The van der Waals surface area contributed by atoms with Crippen molar-refractivity contribution in [2.75, 3.05) is 0 Å². The number of aliphatic hydroxyl groups excluding tert-OH is 1. The van der Waals surface area contributed by atoms with Gasteiger partial charge in [-0.15, -0.1) is 0 Å². The monoisotopic (exact) mass is 503 g/mol. The van der Waals surface area contributed by atoms with E-state index < -0.39 is 6.10 Å². The average molecular weight is 501 g/mol. The van der Waals surface area contributed by atoms with Crippen molar-refractivity contribution in [1.82, 2.24) is 9.59 Å². The van der Waals surface area contributed by atoms with Gasteiger partial charge < -0.3 is 0 Å². The second-order valence-corrected chi connectivity index (χ2v) is 7.34. The van der Waals surface area contributed by atoms with Gasteiger partial charge >= 0.3 is 131 Å². The van der Waals surface area contributed by atoms with Crippen molar-refractivity contribution < 1.29 is 49.8 Å². The number of hydrogen-bond acceptors (Lipinski definition) is 3. The fraction of sp³-hybridized carbons (Fsp3) is 0.867. The van der Waals surface area contributed by atoms with E-state index in [4.69, 9.17) is 0 Å². The molecule has 4 nitrogen and oxygen atoms in total. The Labute approximate surface area is 170 Å². The second-order valence-electron chi connectivity index (χ2n) is 6.29. The molecule has 0 aromatic heterocycles. The van der Waals surface area contributed by atoms with Crippen LogP contribution in [-0.2, 0) is 4.79 Å². The van der Waals surface area contributed by atoms with Crippen molar-refractivity contribution in [3.05, 3.63) is 6.42 Å². The smallest absolute Gasteiger partial charge is 0 e. The standard InChI is InChI=1S/C15H31GeN2O2.Gd/c1-11(2)17-13(10-12-6-4-3-5-7-12)14(19)8-9-15(20)18-16;/h9,11-14,17,19H,3-8,10H2,1-2,16H3,(H,18,20);/q-1;. The van der Waals surface area contributed by atoms with Crippen molar-refractivity contribution in [1.29, 1.82) is 0 Å². The Morgan fingerprint density at radius 2 is 1.95 bits per heavy atom. The molecular formula is C15H31GdGeN2O2-. The first-order chi connectivity index (χ1) is 9.52. The molecule has 0 bridgehead atoms. The molecular weight excluding hydrogens is 470 g/mol. The van der Waals surface area contributed by atoms with Crippen LogP contribution in [0.2, 0.25) is 0 Å². The Kier molecular flexibility index (Phi) is 13.2. The Bertz CT molecular complexity index is 287. The Balaban J connectivity index is 0.00000400. The number of amides is 1. The third-order valence-corrected chi connectivity index (χ3v) is 5.15. The van der Waals surface area contributed by atoms with E-state index >= 15 is 0 Å². The summed E-state index contributed by atoms with van der Waals surface area (Å²) in [6, 6.07) is 0.453. The molecule has 1 aliphatic carbocycles. The molecule has 1 amide bonds. The number of rotatable bonds is 8. The van der Waals surface area contributed by atoms with E-state index in [0.29, 0.717) is 29.2 Å². The SMILES string of the molecule is CC(C)NC(CC1CCCCC1)C(O)C[CH-]C(=O)[NH][GeH3].[Gd]. The fourth-order valence-electron chi connectivity index (χ4n) is 3.04. The summed E-state index contributed by atoms with van der Waals surface area (Å²) in [6.45, 7) is 4.22. The van der Waals surface area contributed by atoms with Crippen LogP contribution in [0.5, 0.6) is 0 Å². The van der Waals surface area contributed by atoms with E-state index in [9.17, 15) is 9.90 Å². The summed E-state index contributed by atoms with van der Waals surface area (Å²) < 4.78 is 2.74. The maximum atomic E-state index is 11.3. The second kappa shape index (κ2) is 12.5. The molecule has 1 saturated carbocycles. The third-order valence-electron chi connectivity index (χ3n) is 4.12. The van der Waals surface area contributed by atoms with Crippen LogP contribution in [0.3, 0.4) is 0 Å². The molecule has 126 valence electrons. The number of hydrogen-bond donors (Lipinski definition) is 3. The van der Waals surface area contributed by atoms with E-state index in [1.165, 1.54) is 32.1 Å². The zero-order valence-corrected chi connectivity index (χ0v) is 20.0. The van der Waals surface area contributed by atoms with Crippen LogP contribution in [0.25, 0.3) is 0 Å². The normalized spacial score (nSPS) is 18.9. The van der Waals surface area contributed by atoms with Gasteiger partial charge in [-0.25, -0.2) is 0 Å². The van der Waals surface area contributed by atoms with E-state index in [1.54, 1.807) is 6.42 Å². The predicted molar refractivity (Wildman–Crippen MR) is 86.3 cm³/mol. The Morgan fingerprint density at radius 3 is 2.48 bits per heavy atom. The van der Waals surface area contributed by atoms with Crippen molar-refractivity contribution in [3.8, 4) is 0 Å². The Morgan fingerprint density at radius 1 is 1.33 bits per heavy atom. The quantitative estimate of drug-likeness (QED) is 0.339. The van der Waals surface area contributed by atoms with Crippen molar-refractivity contribution in [3.63, 3.8) is 0 Å². The van der Waals surface area contributed by atoms with E-state index in [2.05, 4.69) is 23.4 Å². The van der Waals surface area contributed by atoms with E-state index in [0.717, 1.165) is 12.3 Å². The van der Waals surface area contributed by atoms with Crippen molar-refractivity contribution in [2.45, 2.75) is 77.0 Å². The van der Waals surface area contributed by atoms with Gasteiger partial charge in [0.1, 0.15) is 0 Å². The minimum Gasteiger partial charge on any atom is 0 e. The number of nitrogens with one attached hydrogen (secondary N) is 2. The van der Waals surface area contributed by atoms with Gasteiger partial charge in [-0.3, -0.25) is 0 Å². The fourth-order valence-corrected chi connectivity index (χ4v) is 3.47. The summed E-state index contributed by atoms with van der Waals surface area (Å²) in [5.41, 5.74) is 0. The molecule has 3 N–H and O–H groups in total. The topological polar surface area (TPSA) is 61.4 Å². The summed E-state index contributed by atoms with van der Waals surface area (Å²) in [5, 5.41) is 13.9. The minimum absolute atomic E-state index is 0. The summed E-state index contributed by atoms with van der Waals surface area (Å²) in [4.78, 5) is 11.3. The predicted octanol–water partition coefficient (Wildman–Crippen LogP) is 0.675. The molecule has 2 unspecified atom stereocenters.